The molecule has 1 unspecified atom stereocenters. The molecular weight excluding hydrogens is 290 g/mol. The number of nitrogens with one attached hydrogen (secondary N) is 1. The van der Waals surface area contributed by atoms with Crippen LogP contribution in [0, 0.1) is 5.92 Å². The fourth-order valence-electron chi connectivity index (χ4n) is 2.04. The maximum absolute atomic E-state index is 11.9. The number of carbonyl (C=O) groups is 1. The molecule has 21 heavy (non-hydrogen) atoms. The molecule has 118 valence electrons. The van der Waals surface area contributed by atoms with Crippen LogP contribution in [0.1, 0.15) is 33.6 Å². The smallest absolute Gasteiger partial charge is 0.326 e. The Hall–Kier alpha value is -1.56. The van der Waals surface area contributed by atoms with E-state index in [1.165, 1.54) is 12.1 Å². The van der Waals surface area contributed by atoms with Crippen molar-refractivity contribution in [3.63, 3.8) is 0 Å². The molecule has 0 aromatic heterocycles. The second kappa shape index (κ2) is 7.45. The first-order valence-electron chi connectivity index (χ1n) is 7.08. The van der Waals surface area contributed by atoms with Crippen LogP contribution in [0.3, 0.4) is 0 Å². The molecule has 0 amide bonds. The van der Waals surface area contributed by atoms with Gasteiger partial charge in [-0.1, -0.05) is 20.8 Å². The van der Waals surface area contributed by atoms with E-state index in [0.717, 1.165) is 0 Å². The Morgan fingerprint density at radius 2 is 1.81 bits per heavy atom. The lowest BCUT2D eigenvalue weighted by Crippen LogP contribution is -2.30. The van der Waals surface area contributed by atoms with Gasteiger partial charge in [-0.15, -0.1) is 0 Å². The van der Waals surface area contributed by atoms with E-state index in [9.17, 15) is 18.3 Å². The Balaban J connectivity index is 2.85. The Morgan fingerprint density at radius 1 is 1.24 bits per heavy atom. The van der Waals surface area contributed by atoms with Crippen LogP contribution >= 0.6 is 0 Å². The largest absolute Gasteiger partial charge is 0.480 e. The second-order valence-electron chi connectivity index (χ2n) is 5.51. The third-order valence-corrected chi connectivity index (χ3v) is 4.97. The lowest BCUT2D eigenvalue weighted by atomic mass is 10.0. The summed E-state index contributed by atoms with van der Waals surface area (Å²) in [6, 6.07) is 5.57. The number of carboxylic acid groups (broad SMARTS) is 1. The number of benzene rings is 1. The zero-order valence-electron chi connectivity index (χ0n) is 12.7. The predicted molar refractivity (Wildman–Crippen MR) is 83.3 cm³/mol. The molecule has 0 bridgehead atoms. The fraction of sp³-hybridized carbons (Fsp3) is 0.533. The summed E-state index contributed by atoms with van der Waals surface area (Å²) >= 11 is 0. The summed E-state index contributed by atoms with van der Waals surface area (Å²) in [6.07, 6.45) is 1.07. The van der Waals surface area contributed by atoms with E-state index in [1.807, 2.05) is 20.8 Å². The molecule has 1 aromatic rings. The number of carboxylic acids is 1. The fourth-order valence-corrected chi connectivity index (χ4v) is 3.36. The van der Waals surface area contributed by atoms with Gasteiger partial charge in [0.05, 0.1) is 10.6 Å². The van der Waals surface area contributed by atoms with Crippen molar-refractivity contribution < 1.29 is 18.3 Å². The molecule has 0 aliphatic heterocycles. The summed E-state index contributed by atoms with van der Waals surface area (Å²) < 4.78 is 23.8. The highest BCUT2D eigenvalue weighted by Crippen LogP contribution is 2.18. The highest BCUT2D eigenvalue weighted by Gasteiger charge is 2.19. The van der Waals surface area contributed by atoms with Crippen molar-refractivity contribution in [1.29, 1.82) is 0 Å². The molecule has 0 aliphatic carbocycles. The SMILES string of the molecule is CCCS(=O)(=O)c1ccc(NC(CC(C)C)C(=O)O)cc1. The van der Waals surface area contributed by atoms with E-state index in [2.05, 4.69) is 5.32 Å². The van der Waals surface area contributed by atoms with Gasteiger partial charge in [0.25, 0.3) is 0 Å². The lowest BCUT2D eigenvalue weighted by Gasteiger charge is -2.17. The predicted octanol–water partition coefficient (Wildman–Crippen LogP) is 2.78. The first-order valence-corrected chi connectivity index (χ1v) is 8.73. The second-order valence-corrected chi connectivity index (χ2v) is 7.62. The quantitative estimate of drug-likeness (QED) is 0.771. The zero-order chi connectivity index (χ0) is 16.0. The standard InChI is InChI=1S/C15H23NO4S/c1-4-9-21(19,20)13-7-5-12(6-8-13)16-14(15(17)18)10-11(2)3/h5-8,11,14,16H,4,9-10H2,1-3H3,(H,17,18). The monoisotopic (exact) mass is 313 g/mol. The highest BCUT2D eigenvalue weighted by molar-refractivity contribution is 7.91. The molecule has 0 radical (unpaired) electrons. The molecule has 2 N–H and O–H groups in total. The normalized spacial score (nSPS) is 13.1. The molecule has 0 aliphatic rings. The summed E-state index contributed by atoms with van der Waals surface area (Å²) in [7, 11) is -3.24. The Labute approximate surface area is 126 Å². The van der Waals surface area contributed by atoms with Gasteiger partial charge in [0.1, 0.15) is 6.04 Å². The molecular formula is C15H23NO4S. The van der Waals surface area contributed by atoms with Crippen LogP contribution in [0.15, 0.2) is 29.2 Å². The minimum atomic E-state index is -3.24. The maximum atomic E-state index is 11.9. The zero-order valence-corrected chi connectivity index (χ0v) is 13.5. The molecule has 0 saturated carbocycles. The number of hydrogen-bond acceptors (Lipinski definition) is 4. The first-order chi connectivity index (χ1) is 9.76. The van der Waals surface area contributed by atoms with Crippen LogP contribution in [-0.2, 0) is 14.6 Å². The van der Waals surface area contributed by atoms with Crippen LogP contribution in [0.4, 0.5) is 5.69 Å². The Morgan fingerprint density at radius 3 is 2.24 bits per heavy atom. The maximum Gasteiger partial charge on any atom is 0.326 e. The van der Waals surface area contributed by atoms with Gasteiger partial charge in [-0.25, -0.2) is 13.2 Å². The molecule has 5 nitrogen and oxygen atoms in total. The van der Waals surface area contributed by atoms with Gasteiger partial charge in [0.15, 0.2) is 9.84 Å². The topological polar surface area (TPSA) is 83.5 Å². The number of sulfone groups is 1. The third kappa shape index (κ3) is 5.38. The molecule has 1 aromatic carbocycles. The molecule has 0 saturated heterocycles. The van der Waals surface area contributed by atoms with Gasteiger partial charge < -0.3 is 10.4 Å². The average Bonchev–Trinajstić information content (AvgIpc) is 2.38. The van der Waals surface area contributed by atoms with E-state index >= 15 is 0 Å². The van der Waals surface area contributed by atoms with Crippen molar-refractivity contribution >= 4 is 21.5 Å². The van der Waals surface area contributed by atoms with Gasteiger partial charge in [-0.05, 0) is 43.0 Å². The van der Waals surface area contributed by atoms with Gasteiger partial charge in [-0.2, -0.15) is 0 Å². The Kier molecular flexibility index (Phi) is 6.20. The minimum Gasteiger partial charge on any atom is -0.480 e. The number of hydrogen-bond donors (Lipinski definition) is 2. The van der Waals surface area contributed by atoms with Crippen LogP contribution < -0.4 is 5.32 Å². The van der Waals surface area contributed by atoms with E-state index in [-0.39, 0.29) is 16.6 Å². The van der Waals surface area contributed by atoms with E-state index in [0.29, 0.717) is 18.5 Å². The number of aliphatic carboxylic acids is 1. The van der Waals surface area contributed by atoms with Crippen molar-refractivity contribution in [2.45, 2.75) is 44.6 Å². The molecule has 0 fully saturated rings. The van der Waals surface area contributed by atoms with Crippen molar-refractivity contribution in [2.24, 2.45) is 5.92 Å². The number of anilines is 1. The van der Waals surface area contributed by atoms with Gasteiger partial charge in [0, 0.05) is 5.69 Å². The van der Waals surface area contributed by atoms with E-state index in [4.69, 9.17) is 0 Å². The molecule has 0 heterocycles. The number of rotatable bonds is 8. The van der Waals surface area contributed by atoms with Crippen LogP contribution in [0.25, 0.3) is 0 Å². The highest BCUT2D eigenvalue weighted by atomic mass is 32.2. The third-order valence-electron chi connectivity index (χ3n) is 3.03. The van der Waals surface area contributed by atoms with E-state index < -0.39 is 21.8 Å². The summed E-state index contributed by atoms with van der Waals surface area (Å²) in [5.41, 5.74) is 0.610. The molecule has 6 heteroatoms. The van der Waals surface area contributed by atoms with Crippen molar-refractivity contribution in [3.8, 4) is 0 Å². The first kappa shape index (κ1) is 17.5. The molecule has 1 atom stereocenters. The van der Waals surface area contributed by atoms with Gasteiger partial charge in [-0.3, -0.25) is 0 Å². The van der Waals surface area contributed by atoms with E-state index in [1.54, 1.807) is 12.1 Å². The molecule has 1 rings (SSSR count). The van der Waals surface area contributed by atoms with Crippen molar-refractivity contribution in [2.75, 3.05) is 11.1 Å². The summed E-state index contributed by atoms with van der Waals surface area (Å²) in [6.45, 7) is 5.73. The summed E-state index contributed by atoms with van der Waals surface area (Å²) in [5, 5.41) is 12.1. The summed E-state index contributed by atoms with van der Waals surface area (Å²) in [4.78, 5) is 11.5. The minimum absolute atomic E-state index is 0.116. The Bertz CT molecular complexity index is 564. The van der Waals surface area contributed by atoms with Crippen molar-refractivity contribution in [3.05, 3.63) is 24.3 Å². The average molecular weight is 313 g/mol. The lowest BCUT2D eigenvalue weighted by molar-refractivity contribution is -0.138. The van der Waals surface area contributed by atoms with Crippen molar-refractivity contribution in [1.82, 2.24) is 0 Å². The van der Waals surface area contributed by atoms with Gasteiger partial charge >= 0.3 is 5.97 Å². The summed E-state index contributed by atoms with van der Waals surface area (Å²) in [5.74, 6) is -0.542. The van der Waals surface area contributed by atoms with Crippen LogP contribution in [0.5, 0.6) is 0 Å². The molecule has 0 spiro atoms. The van der Waals surface area contributed by atoms with Gasteiger partial charge in [0.2, 0.25) is 0 Å². The van der Waals surface area contributed by atoms with Crippen LogP contribution in [-0.4, -0.2) is 31.3 Å². The van der Waals surface area contributed by atoms with Crippen LogP contribution in [0.2, 0.25) is 0 Å².